The van der Waals surface area contributed by atoms with Gasteiger partial charge in [0.05, 0.1) is 17.3 Å². The van der Waals surface area contributed by atoms with Gasteiger partial charge in [0.15, 0.2) is 0 Å². The zero-order chi connectivity index (χ0) is 19.0. The van der Waals surface area contributed by atoms with Crippen molar-refractivity contribution in [1.82, 2.24) is 10.6 Å². The Morgan fingerprint density at radius 2 is 2.04 bits per heavy atom. The number of carbonyl (C=O) groups is 3. The van der Waals surface area contributed by atoms with Crippen molar-refractivity contribution in [3.63, 3.8) is 0 Å². The smallest absolute Gasteiger partial charge is 0.440 e. The first-order valence-corrected chi connectivity index (χ1v) is 7.04. The number of imide groups is 1. The van der Waals surface area contributed by atoms with Crippen LogP contribution in [0, 0.1) is 5.82 Å². The number of hydrogen-bond donors (Lipinski definition) is 2. The van der Waals surface area contributed by atoms with E-state index in [9.17, 15) is 31.9 Å². The van der Waals surface area contributed by atoms with E-state index in [-0.39, 0.29) is 11.5 Å². The summed E-state index contributed by atoms with van der Waals surface area (Å²) in [5, 5.41) is 2.20. The molecule has 2 N–H and O–H groups in total. The van der Waals surface area contributed by atoms with E-state index in [2.05, 4.69) is 4.74 Å². The second-order valence-corrected chi connectivity index (χ2v) is 5.17. The van der Waals surface area contributed by atoms with Gasteiger partial charge in [-0.3, -0.25) is 15.4 Å². The van der Waals surface area contributed by atoms with Gasteiger partial charge in [-0.15, -0.1) is 0 Å². The molecule has 0 aliphatic carbocycles. The summed E-state index contributed by atoms with van der Waals surface area (Å²) in [7, 11) is 0. The lowest BCUT2D eigenvalue weighted by atomic mass is 10.1. The molecule has 0 spiro atoms. The Hall–Kier alpha value is -2.56. The first kappa shape index (κ1) is 18.8. The first-order valence-electron chi connectivity index (χ1n) is 6.67. The van der Waals surface area contributed by atoms with Crippen LogP contribution in [0.3, 0.4) is 0 Å². The summed E-state index contributed by atoms with van der Waals surface area (Å²) in [6.45, 7) is 1.07. The molecule has 0 aromatic heterocycles. The number of amides is 4. The lowest BCUT2D eigenvalue weighted by Crippen LogP contribution is -2.69. The number of urea groups is 1. The number of alkyl halides is 3. The Morgan fingerprint density at radius 3 is 2.56 bits per heavy atom. The van der Waals surface area contributed by atoms with Gasteiger partial charge in [0.25, 0.3) is 11.6 Å². The molecule has 1 heterocycles. The SMILES string of the molecule is CCOC(=O)N[C@]1(C(F)(F)F)NC(=O)N(c2ccc(F)c(Cl)c2)C1=O. The van der Waals surface area contributed by atoms with Crippen molar-refractivity contribution in [2.24, 2.45) is 0 Å². The van der Waals surface area contributed by atoms with Crippen LogP contribution in [0.15, 0.2) is 18.2 Å². The third-order valence-corrected chi connectivity index (χ3v) is 3.46. The number of anilines is 1. The molecule has 1 aromatic carbocycles. The maximum absolute atomic E-state index is 13.5. The van der Waals surface area contributed by atoms with Crippen LogP contribution in [-0.4, -0.2) is 36.5 Å². The van der Waals surface area contributed by atoms with Crippen molar-refractivity contribution in [2.75, 3.05) is 11.5 Å². The van der Waals surface area contributed by atoms with Crippen LogP contribution in [0.5, 0.6) is 0 Å². The molecule has 1 fully saturated rings. The Morgan fingerprint density at radius 1 is 1.40 bits per heavy atom. The summed E-state index contributed by atoms with van der Waals surface area (Å²) >= 11 is 5.52. The standard InChI is InChI=1S/C13H10ClF4N3O4/c1-2-25-11(24)20-12(13(16,17)18)9(22)21(10(23)19-12)6-3-4-8(15)7(14)5-6/h3-5H,2H2,1H3,(H,19,23)(H,20,24)/t12-/m1/s1. The van der Waals surface area contributed by atoms with Crippen LogP contribution in [-0.2, 0) is 9.53 Å². The Balaban J connectivity index is 2.47. The Bertz CT molecular complexity index is 742. The number of hydrogen-bond acceptors (Lipinski definition) is 4. The van der Waals surface area contributed by atoms with E-state index in [4.69, 9.17) is 11.6 Å². The summed E-state index contributed by atoms with van der Waals surface area (Å²) in [6, 6.07) is 0.965. The van der Waals surface area contributed by atoms with E-state index in [1.54, 1.807) is 0 Å². The highest BCUT2D eigenvalue weighted by molar-refractivity contribution is 6.31. The molecule has 1 aromatic rings. The van der Waals surface area contributed by atoms with Gasteiger partial charge >= 0.3 is 18.3 Å². The molecule has 1 aliphatic rings. The maximum atomic E-state index is 13.5. The highest BCUT2D eigenvalue weighted by atomic mass is 35.5. The monoisotopic (exact) mass is 383 g/mol. The van der Waals surface area contributed by atoms with Crippen LogP contribution in [0.25, 0.3) is 0 Å². The fraction of sp³-hybridized carbons (Fsp3) is 0.308. The van der Waals surface area contributed by atoms with Crippen LogP contribution in [0.1, 0.15) is 6.92 Å². The molecule has 4 amide bonds. The number of ether oxygens (including phenoxy) is 1. The van der Waals surface area contributed by atoms with Crippen molar-refractivity contribution in [3.8, 4) is 0 Å². The minimum Gasteiger partial charge on any atom is -0.450 e. The summed E-state index contributed by atoms with van der Waals surface area (Å²) in [5.74, 6) is -2.75. The van der Waals surface area contributed by atoms with Crippen molar-refractivity contribution in [1.29, 1.82) is 0 Å². The van der Waals surface area contributed by atoms with Gasteiger partial charge < -0.3 is 4.74 Å². The Labute approximate surface area is 142 Å². The summed E-state index contributed by atoms with van der Waals surface area (Å²) < 4.78 is 57.9. The molecule has 1 saturated heterocycles. The van der Waals surface area contributed by atoms with Crippen molar-refractivity contribution in [2.45, 2.75) is 18.8 Å². The van der Waals surface area contributed by atoms with E-state index in [0.717, 1.165) is 18.2 Å². The van der Waals surface area contributed by atoms with Gasteiger partial charge in [0.2, 0.25) is 0 Å². The molecule has 0 saturated carbocycles. The molecule has 1 atom stereocenters. The highest BCUT2D eigenvalue weighted by Crippen LogP contribution is 2.36. The number of nitrogens with one attached hydrogen (secondary N) is 2. The van der Waals surface area contributed by atoms with Gasteiger partial charge in [-0.25, -0.2) is 18.9 Å². The molecule has 0 radical (unpaired) electrons. The van der Waals surface area contributed by atoms with Crippen molar-refractivity contribution >= 4 is 35.3 Å². The summed E-state index contributed by atoms with van der Waals surface area (Å²) in [5.41, 5.74) is -4.14. The molecule has 136 valence electrons. The molecule has 12 heteroatoms. The van der Waals surface area contributed by atoms with Crippen LogP contribution in [0.4, 0.5) is 32.8 Å². The van der Waals surface area contributed by atoms with Crippen LogP contribution >= 0.6 is 11.6 Å². The fourth-order valence-electron chi connectivity index (χ4n) is 2.06. The van der Waals surface area contributed by atoms with Crippen molar-refractivity contribution < 1.29 is 36.7 Å². The predicted octanol–water partition coefficient (Wildman–Crippen LogP) is 2.54. The molecule has 2 rings (SSSR count). The largest absolute Gasteiger partial charge is 0.450 e. The van der Waals surface area contributed by atoms with Gasteiger partial charge in [0, 0.05) is 0 Å². The first-order chi connectivity index (χ1) is 11.5. The van der Waals surface area contributed by atoms with Gasteiger partial charge in [-0.2, -0.15) is 13.2 Å². The number of carbonyl (C=O) groups excluding carboxylic acids is 3. The number of halogens is 5. The summed E-state index contributed by atoms with van der Waals surface area (Å²) in [6.07, 6.45) is -6.95. The number of benzene rings is 1. The maximum Gasteiger partial charge on any atom is 0.440 e. The minimum atomic E-state index is -5.38. The lowest BCUT2D eigenvalue weighted by molar-refractivity contribution is -0.197. The Kier molecular flexibility index (Phi) is 4.80. The van der Waals surface area contributed by atoms with Crippen molar-refractivity contribution in [3.05, 3.63) is 29.0 Å². The second kappa shape index (κ2) is 6.39. The summed E-state index contributed by atoms with van der Waals surface area (Å²) in [4.78, 5) is 35.8. The predicted molar refractivity (Wildman–Crippen MR) is 76.4 cm³/mol. The molecular formula is C13H10ClF4N3O4. The topological polar surface area (TPSA) is 87.7 Å². The average Bonchev–Trinajstić information content (AvgIpc) is 2.74. The third kappa shape index (κ3) is 3.18. The number of alkyl carbamates (subject to hydrolysis) is 1. The van der Waals surface area contributed by atoms with E-state index >= 15 is 0 Å². The molecule has 25 heavy (non-hydrogen) atoms. The molecular weight excluding hydrogens is 374 g/mol. The lowest BCUT2D eigenvalue weighted by Gasteiger charge is -2.29. The van der Waals surface area contributed by atoms with Gasteiger partial charge in [-0.1, -0.05) is 11.6 Å². The average molecular weight is 384 g/mol. The quantitative estimate of drug-likeness (QED) is 0.620. The van der Waals surface area contributed by atoms with Gasteiger partial charge in [0.1, 0.15) is 5.82 Å². The second-order valence-electron chi connectivity index (χ2n) is 4.76. The molecule has 0 bridgehead atoms. The van der Waals surface area contributed by atoms with E-state index < -0.39 is 46.4 Å². The fourth-order valence-corrected chi connectivity index (χ4v) is 2.23. The number of nitrogens with zero attached hydrogens (tertiary/aromatic N) is 1. The zero-order valence-corrected chi connectivity index (χ0v) is 13.2. The van der Waals surface area contributed by atoms with Crippen LogP contribution < -0.4 is 15.5 Å². The molecule has 7 nitrogen and oxygen atoms in total. The van der Waals surface area contributed by atoms with Gasteiger partial charge in [-0.05, 0) is 25.1 Å². The van der Waals surface area contributed by atoms with E-state index in [0.29, 0.717) is 0 Å². The third-order valence-electron chi connectivity index (χ3n) is 3.17. The minimum absolute atomic E-state index is 0.0883. The highest BCUT2D eigenvalue weighted by Gasteiger charge is 2.69. The number of rotatable bonds is 3. The molecule has 0 unspecified atom stereocenters. The zero-order valence-electron chi connectivity index (χ0n) is 12.4. The normalized spacial score (nSPS) is 20.5. The van der Waals surface area contributed by atoms with E-state index in [1.165, 1.54) is 17.6 Å². The molecule has 1 aliphatic heterocycles. The van der Waals surface area contributed by atoms with E-state index in [1.807, 2.05) is 0 Å². The van der Waals surface area contributed by atoms with Crippen LogP contribution in [0.2, 0.25) is 5.02 Å².